The molecule has 0 aliphatic heterocycles. The maximum absolute atomic E-state index is 12.9. The maximum Gasteiger partial charge on any atom is 0.131 e. The molecule has 3 unspecified atom stereocenters. The third-order valence-corrected chi connectivity index (χ3v) is 2.61. The highest BCUT2D eigenvalue weighted by Gasteiger charge is 2.30. The molecule has 2 heteroatoms. The minimum Gasteiger partial charge on any atom is -0.244 e. The van der Waals surface area contributed by atoms with E-state index < -0.39 is 12.3 Å². The van der Waals surface area contributed by atoms with E-state index in [1.165, 1.54) is 0 Å². The summed E-state index contributed by atoms with van der Waals surface area (Å²) in [6.45, 7) is 4.27. The summed E-state index contributed by atoms with van der Waals surface area (Å²) in [7, 11) is 0. The van der Waals surface area contributed by atoms with Crippen LogP contribution in [0.15, 0.2) is 0 Å². The molecule has 0 amide bonds. The van der Waals surface area contributed by atoms with Gasteiger partial charge in [0.15, 0.2) is 0 Å². The van der Waals surface area contributed by atoms with E-state index in [1.54, 1.807) is 0 Å². The molecule has 0 aromatic carbocycles. The average Bonchev–Trinajstić information content (AvgIpc) is 1.96. The summed E-state index contributed by atoms with van der Waals surface area (Å²) in [6, 6.07) is 0. The molecule has 1 rings (SSSR count). The minimum absolute atomic E-state index is 0.423. The smallest absolute Gasteiger partial charge is 0.131 e. The van der Waals surface area contributed by atoms with Crippen molar-refractivity contribution in [3.05, 3.63) is 0 Å². The normalized spacial score (nSPS) is 37.2. The van der Waals surface area contributed by atoms with Crippen molar-refractivity contribution in [3.63, 3.8) is 0 Å². The topological polar surface area (TPSA) is 0 Å². The molecule has 1 aliphatic carbocycles. The molecule has 0 aromatic rings. The van der Waals surface area contributed by atoms with Crippen molar-refractivity contribution < 1.29 is 8.78 Å². The van der Waals surface area contributed by atoms with Crippen molar-refractivity contribution in [1.29, 1.82) is 0 Å². The van der Waals surface area contributed by atoms with Gasteiger partial charge in [-0.2, -0.15) is 0 Å². The molecule has 12 heavy (non-hydrogen) atoms. The highest BCUT2D eigenvalue weighted by Crippen LogP contribution is 2.32. The van der Waals surface area contributed by atoms with E-state index in [2.05, 4.69) is 13.8 Å². The summed E-state index contributed by atoms with van der Waals surface area (Å²) in [5, 5.41) is 0. The summed E-state index contributed by atoms with van der Waals surface area (Å²) in [4.78, 5) is 0. The molecule has 0 aromatic heterocycles. The van der Waals surface area contributed by atoms with Crippen LogP contribution in [0, 0.1) is 11.8 Å². The zero-order chi connectivity index (χ0) is 9.14. The molecule has 0 spiro atoms. The van der Waals surface area contributed by atoms with Gasteiger partial charge in [0, 0.05) is 0 Å². The van der Waals surface area contributed by atoms with Crippen molar-refractivity contribution in [3.8, 4) is 0 Å². The Morgan fingerprint density at radius 1 is 1.17 bits per heavy atom. The summed E-state index contributed by atoms with van der Waals surface area (Å²) in [5.41, 5.74) is 0. The first-order valence-electron chi connectivity index (χ1n) is 4.87. The fourth-order valence-electron chi connectivity index (χ4n) is 2.04. The van der Waals surface area contributed by atoms with Crippen LogP contribution in [0.3, 0.4) is 0 Å². The van der Waals surface area contributed by atoms with Gasteiger partial charge < -0.3 is 0 Å². The summed E-state index contributed by atoms with van der Waals surface area (Å²) in [6.07, 6.45) is 0.418. The summed E-state index contributed by atoms with van der Waals surface area (Å²) in [5.74, 6) is 1.03. The standard InChI is InChI=1S/C10H18F2/c1-7(2)5-8-3-4-9(11)10(12)6-8/h7-10H,3-6H2,1-2H3. The van der Waals surface area contributed by atoms with Crippen LogP contribution in [-0.4, -0.2) is 12.3 Å². The summed E-state index contributed by atoms with van der Waals surface area (Å²) < 4.78 is 25.6. The largest absolute Gasteiger partial charge is 0.244 e. The van der Waals surface area contributed by atoms with Crippen LogP contribution in [0.1, 0.15) is 39.5 Å². The van der Waals surface area contributed by atoms with Crippen LogP contribution >= 0.6 is 0 Å². The van der Waals surface area contributed by atoms with E-state index in [-0.39, 0.29) is 0 Å². The quantitative estimate of drug-likeness (QED) is 0.604. The highest BCUT2D eigenvalue weighted by atomic mass is 19.2. The second-order valence-electron chi connectivity index (χ2n) is 4.34. The summed E-state index contributed by atoms with van der Waals surface area (Å²) >= 11 is 0. The van der Waals surface area contributed by atoms with Crippen molar-refractivity contribution in [2.24, 2.45) is 11.8 Å². The Bertz CT molecular complexity index is 134. The lowest BCUT2D eigenvalue weighted by atomic mass is 9.82. The van der Waals surface area contributed by atoms with E-state index in [0.717, 1.165) is 12.8 Å². The van der Waals surface area contributed by atoms with Gasteiger partial charge in [-0.1, -0.05) is 13.8 Å². The molecule has 0 bridgehead atoms. The van der Waals surface area contributed by atoms with Crippen LogP contribution in [0.25, 0.3) is 0 Å². The van der Waals surface area contributed by atoms with Crippen molar-refractivity contribution >= 4 is 0 Å². The van der Waals surface area contributed by atoms with Gasteiger partial charge in [0.05, 0.1) is 0 Å². The number of hydrogen-bond donors (Lipinski definition) is 0. The fourth-order valence-corrected chi connectivity index (χ4v) is 2.04. The zero-order valence-electron chi connectivity index (χ0n) is 7.89. The molecular formula is C10H18F2. The molecular weight excluding hydrogens is 158 g/mol. The van der Waals surface area contributed by atoms with Gasteiger partial charge in [-0.15, -0.1) is 0 Å². The van der Waals surface area contributed by atoms with Gasteiger partial charge in [0.1, 0.15) is 12.3 Å². The molecule has 0 N–H and O–H groups in total. The van der Waals surface area contributed by atoms with Crippen molar-refractivity contribution in [1.82, 2.24) is 0 Å². The van der Waals surface area contributed by atoms with Gasteiger partial charge >= 0.3 is 0 Å². The number of hydrogen-bond acceptors (Lipinski definition) is 0. The molecule has 0 heterocycles. The number of rotatable bonds is 2. The van der Waals surface area contributed by atoms with Gasteiger partial charge in [0.2, 0.25) is 0 Å². The van der Waals surface area contributed by atoms with Crippen LogP contribution in [-0.2, 0) is 0 Å². The van der Waals surface area contributed by atoms with Crippen LogP contribution in [0.2, 0.25) is 0 Å². The van der Waals surface area contributed by atoms with Gasteiger partial charge in [0.25, 0.3) is 0 Å². The highest BCUT2D eigenvalue weighted by molar-refractivity contribution is 4.80. The maximum atomic E-state index is 12.9. The monoisotopic (exact) mass is 176 g/mol. The third kappa shape index (κ3) is 2.72. The minimum atomic E-state index is -1.19. The van der Waals surface area contributed by atoms with Gasteiger partial charge in [-0.3, -0.25) is 0 Å². The molecule has 1 fully saturated rings. The molecule has 0 nitrogen and oxygen atoms in total. The van der Waals surface area contributed by atoms with E-state index in [9.17, 15) is 8.78 Å². The predicted molar refractivity (Wildman–Crippen MR) is 46.6 cm³/mol. The Kier molecular flexibility index (Phi) is 3.48. The lowest BCUT2D eigenvalue weighted by Gasteiger charge is -2.28. The van der Waals surface area contributed by atoms with Gasteiger partial charge in [-0.05, 0) is 37.5 Å². The Balaban J connectivity index is 2.30. The fraction of sp³-hybridized carbons (Fsp3) is 1.00. The van der Waals surface area contributed by atoms with Crippen LogP contribution in [0.4, 0.5) is 8.78 Å². The van der Waals surface area contributed by atoms with E-state index in [4.69, 9.17) is 0 Å². The van der Waals surface area contributed by atoms with Crippen molar-refractivity contribution in [2.75, 3.05) is 0 Å². The first-order valence-corrected chi connectivity index (χ1v) is 4.87. The third-order valence-electron chi connectivity index (χ3n) is 2.61. The van der Waals surface area contributed by atoms with Crippen LogP contribution < -0.4 is 0 Å². The molecule has 1 aliphatic rings. The lowest BCUT2D eigenvalue weighted by molar-refractivity contribution is 0.0828. The molecule has 1 saturated carbocycles. The lowest BCUT2D eigenvalue weighted by Crippen LogP contribution is -2.27. The van der Waals surface area contributed by atoms with E-state index in [0.29, 0.717) is 24.7 Å². The average molecular weight is 176 g/mol. The van der Waals surface area contributed by atoms with E-state index >= 15 is 0 Å². The first kappa shape index (κ1) is 9.94. The Morgan fingerprint density at radius 2 is 1.83 bits per heavy atom. The second-order valence-corrected chi connectivity index (χ2v) is 4.34. The number of halogens is 2. The molecule has 3 atom stereocenters. The second kappa shape index (κ2) is 4.20. The van der Waals surface area contributed by atoms with Gasteiger partial charge in [-0.25, -0.2) is 8.78 Å². The van der Waals surface area contributed by atoms with E-state index in [1.807, 2.05) is 0 Å². The zero-order valence-corrected chi connectivity index (χ0v) is 7.89. The molecule has 0 saturated heterocycles. The Hall–Kier alpha value is -0.140. The number of alkyl halides is 2. The Morgan fingerprint density at radius 3 is 2.33 bits per heavy atom. The SMILES string of the molecule is CC(C)CC1CCC(F)C(F)C1. The Labute approximate surface area is 73.3 Å². The predicted octanol–water partition coefficient (Wildman–Crippen LogP) is 3.51. The first-order chi connectivity index (χ1) is 5.59. The van der Waals surface area contributed by atoms with Crippen molar-refractivity contribution in [2.45, 2.75) is 51.9 Å². The molecule has 0 radical (unpaired) electrons. The van der Waals surface area contributed by atoms with Crippen LogP contribution in [0.5, 0.6) is 0 Å². The molecule has 72 valence electrons.